The minimum Gasteiger partial charge on any atom is -0.507 e. The molecule has 0 bridgehead atoms. The second-order valence-electron chi connectivity index (χ2n) is 19.0. The molecule has 0 radical (unpaired) electrons. The molecule has 282 valence electrons. The molecule has 5 aromatic carbocycles. The van der Waals surface area contributed by atoms with E-state index in [-0.39, 0.29) is 22.0 Å². The van der Waals surface area contributed by atoms with Gasteiger partial charge in [0.1, 0.15) is 11.6 Å². The molecule has 0 aliphatic carbocycles. The van der Waals surface area contributed by atoms with Gasteiger partial charge in [0.15, 0.2) is 0 Å². The van der Waals surface area contributed by atoms with Gasteiger partial charge in [0.25, 0.3) is 0 Å². The van der Waals surface area contributed by atoms with Crippen LogP contribution < -0.4 is 0 Å². The van der Waals surface area contributed by atoms with Crippen LogP contribution in [0.2, 0.25) is 0 Å². The number of imidazole rings is 1. The number of benzene rings is 5. The first-order valence-corrected chi connectivity index (χ1v) is 19.4. The fourth-order valence-electron chi connectivity index (χ4n) is 7.40. The maximum atomic E-state index is 12.3. The van der Waals surface area contributed by atoms with E-state index in [1.807, 2.05) is 33.8 Å². The van der Waals surface area contributed by atoms with Gasteiger partial charge in [-0.25, -0.2) is 4.98 Å². The average molecular weight is 721 g/mol. The molecule has 3 heteroatoms. The monoisotopic (exact) mass is 720 g/mol. The number of fused-ring (bicyclic) bond motifs is 1. The van der Waals surface area contributed by atoms with E-state index >= 15 is 0 Å². The Morgan fingerprint density at radius 3 is 1.78 bits per heavy atom. The average Bonchev–Trinajstić information content (AvgIpc) is 3.45. The van der Waals surface area contributed by atoms with Gasteiger partial charge in [0.2, 0.25) is 0 Å². The highest BCUT2D eigenvalue weighted by Crippen LogP contribution is 2.45. The summed E-state index contributed by atoms with van der Waals surface area (Å²) in [5.41, 5.74) is 14.5. The van der Waals surface area contributed by atoms with Crippen molar-refractivity contribution in [2.75, 3.05) is 0 Å². The Morgan fingerprint density at radius 1 is 0.611 bits per heavy atom. The van der Waals surface area contributed by atoms with Gasteiger partial charge in [-0.1, -0.05) is 156 Å². The van der Waals surface area contributed by atoms with Crippen molar-refractivity contribution in [3.8, 4) is 45.1 Å². The Morgan fingerprint density at radius 2 is 1.22 bits per heavy atom. The summed E-state index contributed by atoms with van der Waals surface area (Å²) in [5, 5.41) is 12.3. The van der Waals surface area contributed by atoms with Crippen LogP contribution >= 0.6 is 0 Å². The topological polar surface area (TPSA) is 38.0 Å². The second kappa shape index (κ2) is 13.9. The lowest BCUT2D eigenvalue weighted by atomic mass is 9.79. The molecule has 6 aromatic rings. The molecule has 0 saturated heterocycles. The maximum absolute atomic E-state index is 12.3. The Kier molecular flexibility index (Phi) is 9.36. The van der Waals surface area contributed by atoms with E-state index < -0.39 is 11.8 Å². The first-order chi connectivity index (χ1) is 25.6. The molecule has 6 rings (SSSR count). The molecule has 54 heavy (non-hydrogen) atoms. The third-order valence-corrected chi connectivity index (χ3v) is 10.8. The van der Waals surface area contributed by atoms with Gasteiger partial charge in [0, 0.05) is 13.9 Å². The van der Waals surface area contributed by atoms with Gasteiger partial charge < -0.3 is 5.11 Å². The Hall–Kier alpha value is -4.63. The summed E-state index contributed by atoms with van der Waals surface area (Å²) < 4.78 is 19.9. The molecule has 0 aliphatic heterocycles. The summed E-state index contributed by atoms with van der Waals surface area (Å²) in [5.74, 6) is -0.678. The van der Waals surface area contributed by atoms with Crippen molar-refractivity contribution in [3.05, 3.63) is 124 Å². The largest absolute Gasteiger partial charge is 0.507 e. The van der Waals surface area contributed by atoms with Crippen LogP contribution in [0.25, 0.3) is 50.4 Å². The summed E-state index contributed by atoms with van der Waals surface area (Å²) in [6, 6.07) is 30.2. The molecule has 0 spiro atoms. The quantitative estimate of drug-likeness (QED) is 0.186. The SMILES string of the molecule is [2H]C(C)(C)c1cc(-c2ccc(-n3c(-c4cc(C(C)(C)C)cc(C(C)(C)C)c4O)nc4c(-c5cc(C)cc(C(C)(C)C)c5)cccc43)c(C)c2)cc(C([2H])(C)C)c1. The van der Waals surface area contributed by atoms with Gasteiger partial charge in [-0.15, -0.1) is 0 Å². The highest BCUT2D eigenvalue weighted by molar-refractivity contribution is 5.96. The van der Waals surface area contributed by atoms with Gasteiger partial charge in [-0.2, -0.15) is 0 Å². The number of phenolic OH excluding ortho intramolecular Hbond substituents is 1. The number of rotatable bonds is 6. The van der Waals surface area contributed by atoms with E-state index in [0.29, 0.717) is 11.4 Å². The zero-order chi connectivity index (χ0) is 41.5. The molecule has 0 unspecified atom stereocenters. The first-order valence-electron chi connectivity index (χ1n) is 20.4. The van der Waals surface area contributed by atoms with E-state index in [1.165, 1.54) is 11.1 Å². The fourth-order valence-corrected chi connectivity index (χ4v) is 7.40. The highest BCUT2D eigenvalue weighted by Gasteiger charge is 2.29. The van der Waals surface area contributed by atoms with Crippen molar-refractivity contribution in [2.24, 2.45) is 0 Å². The van der Waals surface area contributed by atoms with Crippen LogP contribution in [-0.4, -0.2) is 14.7 Å². The van der Waals surface area contributed by atoms with Crippen molar-refractivity contribution >= 4 is 11.0 Å². The smallest absolute Gasteiger partial charge is 0.149 e. The summed E-state index contributed by atoms with van der Waals surface area (Å²) in [6.07, 6.45) is 0. The van der Waals surface area contributed by atoms with E-state index in [4.69, 9.17) is 7.73 Å². The Labute approximate surface area is 328 Å². The molecule has 3 nitrogen and oxygen atoms in total. The molecule has 0 fully saturated rings. The highest BCUT2D eigenvalue weighted by atomic mass is 16.3. The number of phenols is 1. The number of aromatic nitrogens is 2. The minimum atomic E-state index is -0.812. The zero-order valence-electron chi connectivity index (χ0n) is 37.4. The molecule has 0 aliphatic rings. The third kappa shape index (κ3) is 7.52. The molecule has 1 aromatic heterocycles. The summed E-state index contributed by atoms with van der Waals surface area (Å²) in [6.45, 7) is 31.7. The summed E-state index contributed by atoms with van der Waals surface area (Å²) in [7, 11) is 0. The molecular weight excluding hydrogens is 657 g/mol. The molecule has 0 amide bonds. The number of hydrogen-bond acceptors (Lipinski definition) is 2. The van der Waals surface area contributed by atoms with Crippen molar-refractivity contribution in [2.45, 2.75) is 132 Å². The van der Waals surface area contributed by atoms with Crippen LogP contribution in [0, 0.1) is 13.8 Å². The van der Waals surface area contributed by atoms with Crippen LogP contribution in [-0.2, 0) is 16.2 Å². The first kappa shape index (κ1) is 36.4. The standard InChI is InChI=1S/C51H62N2O/c1-30(2)35-24-36(31(3)4)26-37(25-35)34-19-20-44(33(6)23-34)53-45-18-16-17-41(38-21-32(5)22-39(27-38)49(7,8)9)46(45)52-48(53)42-28-40(50(10,11)12)29-43(47(42)54)51(13,14)15/h16-31,54H,1-15H3/i30D,31D. The van der Waals surface area contributed by atoms with Crippen molar-refractivity contribution in [3.63, 3.8) is 0 Å². The van der Waals surface area contributed by atoms with Gasteiger partial charge >= 0.3 is 0 Å². The van der Waals surface area contributed by atoms with Crippen molar-refractivity contribution in [1.82, 2.24) is 9.55 Å². The van der Waals surface area contributed by atoms with E-state index in [1.54, 1.807) is 0 Å². The molecule has 0 atom stereocenters. The van der Waals surface area contributed by atoms with Crippen LogP contribution in [0.5, 0.6) is 5.75 Å². The van der Waals surface area contributed by atoms with Crippen molar-refractivity contribution in [1.29, 1.82) is 0 Å². The fraction of sp³-hybridized carbons (Fsp3) is 0.392. The van der Waals surface area contributed by atoms with Gasteiger partial charge in [-0.05, 0) is 111 Å². The summed E-state index contributed by atoms with van der Waals surface area (Å²) in [4.78, 5) is 5.52. The lowest BCUT2D eigenvalue weighted by Crippen LogP contribution is -2.17. The number of aryl methyl sites for hydroxylation is 2. The van der Waals surface area contributed by atoms with Crippen LogP contribution in [0.3, 0.4) is 0 Å². The summed E-state index contributed by atoms with van der Waals surface area (Å²) >= 11 is 0. The van der Waals surface area contributed by atoms with Gasteiger partial charge in [0.05, 0.1) is 22.3 Å². The van der Waals surface area contributed by atoms with Crippen LogP contribution in [0.1, 0.15) is 143 Å². The minimum absolute atomic E-state index is 0.0201. The predicted molar refractivity (Wildman–Crippen MR) is 233 cm³/mol. The lowest BCUT2D eigenvalue weighted by Gasteiger charge is -2.27. The Bertz CT molecular complexity index is 2430. The predicted octanol–water partition coefficient (Wildman–Crippen LogP) is 14.5. The van der Waals surface area contributed by atoms with Gasteiger partial charge in [-0.3, -0.25) is 4.57 Å². The number of nitrogens with zero attached hydrogens (tertiary/aromatic N) is 2. The maximum Gasteiger partial charge on any atom is 0.149 e. The van der Waals surface area contributed by atoms with Crippen LogP contribution in [0.4, 0.5) is 0 Å². The number of para-hydroxylation sites is 1. The van der Waals surface area contributed by atoms with E-state index in [9.17, 15) is 5.11 Å². The van der Waals surface area contributed by atoms with E-state index in [0.717, 1.165) is 66.8 Å². The Balaban J connectivity index is 1.69. The second-order valence-corrected chi connectivity index (χ2v) is 19.0. The molecular formula is C51H62N2O. The number of hydrogen-bond donors (Lipinski definition) is 1. The number of aromatic hydroxyl groups is 1. The third-order valence-electron chi connectivity index (χ3n) is 10.8. The normalized spacial score (nSPS) is 13.7. The molecule has 1 N–H and O–H groups in total. The van der Waals surface area contributed by atoms with E-state index in [2.05, 4.69) is 160 Å². The zero-order valence-corrected chi connectivity index (χ0v) is 35.4. The lowest BCUT2D eigenvalue weighted by molar-refractivity contribution is 0.446. The molecule has 0 saturated carbocycles. The molecule has 1 heterocycles. The van der Waals surface area contributed by atoms with Crippen molar-refractivity contribution < 1.29 is 7.85 Å². The van der Waals surface area contributed by atoms with Crippen LogP contribution in [0.15, 0.2) is 84.9 Å².